The molecule has 3 aromatic rings. The molecule has 0 aliphatic heterocycles. The van der Waals surface area contributed by atoms with E-state index < -0.39 is 6.10 Å². The summed E-state index contributed by atoms with van der Waals surface area (Å²) >= 11 is 0. The number of amides is 1. The van der Waals surface area contributed by atoms with E-state index in [2.05, 4.69) is 31.0 Å². The zero-order valence-electron chi connectivity index (χ0n) is 16.3. The first-order valence-electron chi connectivity index (χ1n) is 8.86. The van der Waals surface area contributed by atoms with Gasteiger partial charge in [-0.3, -0.25) is 4.79 Å². The first-order chi connectivity index (χ1) is 14.1. The fourth-order valence-corrected chi connectivity index (χ4v) is 2.38. The largest absolute Gasteiger partial charge is 0.389 e. The van der Waals surface area contributed by atoms with Crippen molar-refractivity contribution < 1.29 is 14.4 Å². The summed E-state index contributed by atoms with van der Waals surface area (Å²) in [6.45, 7) is 1.76. The highest BCUT2D eigenvalue weighted by Crippen LogP contribution is 2.10. The maximum Gasteiger partial charge on any atom is 0.254 e. The monoisotopic (exact) mass is 395 g/mol. The third-order valence-electron chi connectivity index (χ3n) is 4.03. The van der Waals surface area contributed by atoms with Gasteiger partial charge in [0, 0.05) is 19.7 Å². The number of oxime groups is 1. The summed E-state index contributed by atoms with van der Waals surface area (Å²) < 4.78 is 6.51. The van der Waals surface area contributed by atoms with Crippen LogP contribution in [0.1, 0.15) is 24.0 Å². The summed E-state index contributed by atoms with van der Waals surface area (Å²) in [5.74, 6) is 0.598. The van der Waals surface area contributed by atoms with E-state index in [0.717, 1.165) is 5.56 Å². The Labute approximate surface area is 167 Å². The van der Waals surface area contributed by atoms with Crippen molar-refractivity contribution in [1.29, 1.82) is 0 Å². The lowest BCUT2D eigenvalue weighted by atomic mass is 10.1. The van der Waals surface area contributed by atoms with Crippen LogP contribution in [0.2, 0.25) is 0 Å². The van der Waals surface area contributed by atoms with E-state index in [0.29, 0.717) is 23.0 Å². The predicted molar refractivity (Wildman–Crippen MR) is 105 cm³/mol. The molecule has 2 heterocycles. The molecule has 1 atom stereocenters. The summed E-state index contributed by atoms with van der Waals surface area (Å²) in [5.41, 5.74) is 1.91. The summed E-state index contributed by atoms with van der Waals surface area (Å²) in [6.07, 6.45) is -0.574. The number of hydrogen-bond donors (Lipinski definition) is 1. The van der Waals surface area contributed by atoms with Crippen molar-refractivity contribution in [3.8, 4) is 0 Å². The molecule has 1 aromatic carbocycles. The Morgan fingerprint density at radius 2 is 2.00 bits per heavy atom. The SMILES string of the molecule is COC(C)C(=O)Nc1cccc(CO/N=C(/c2ccccc2)c2nnnn2C)n1. The molecule has 0 bridgehead atoms. The van der Waals surface area contributed by atoms with Crippen LogP contribution in [-0.4, -0.2) is 50.0 Å². The van der Waals surface area contributed by atoms with Gasteiger partial charge in [0.15, 0.2) is 12.3 Å². The molecule has 0 saturated heterocycles. The minimum absolute atomic E-state index is 0.102. The highest BCUT2D eigenvalue weighted by molar-refractivity contribution is 6.10. The Bertz CT molecular complexity index is 988. The van der Waals surface area contributed by atoms with Gasteiger partial charge < -0.3 is 14.9 Å². The number of ether oxygens (including phenoxy) is 1. The van der Waals surface area contributed by atoms with Crippen molar-refractivity contribution in [2.45, 2.75) is 19.6 Å². The fraction of sp³-hybridized carbons (Fsp3) is 0.263. The van der Waals surface area contributed by atoms with Crippen molar-refractivity contribution in [2.75, 3.05) is 12.4 Å². The maximum atomic E-state index is 11.9. The van der Waals surface area contributed by atoms with Gasteiger partial charge in [0.2, 0.25) is 5.82 Å². The van der Waals surface area contributed by atoms with Crippen LogP contribution in [0.15, 0.2) is 53.7 Å². The first-order valence-corrected chi connectivity index (χ1v) is 8.86. The van der Waals surface area contributed by atoms with Crippen LogP contribution in [0.5, 0.6) is 0 Å². The molecule has 0 saturated carbocycles. The van der Waals surface area contributed by atoms with Crippen molar-refractivity contribution in [3.63, 3.8) is 0 Å². The molecule has 1 N–H and O–H groups in total. The molecule has 0 aliphatic carbocycles. The normalized spacial score (nSPS) is 12.4. The van der Waals surface area contributed by atoms with Crippen LogP contribution in [0.4, 0.5) is 5.82 Å². The standard InChI is InChI=1S/C19H21N7O3/c1-13(28-3)19(27)21-16-11-7-10-15(20-16)12-29-23-17(14-8-5-4-6-9-14)18-22-24-25-26(18)2/h4-11,13H,12H2,1-3H3,(H,20,21,27)/b23-17-. The van der Waals surface area contributed by atoms with Crippen LogP contribution < -0.4 is 5.32 Å². The highest BCUT2D eigenvalue weighted by atomic mass is 16.6. The number of nitrogens with one attached hydrogen (secondary N) is 1. The third kappa shape index (κ3) is 5.20. The molecule has 0 spiro atoms. The molecule has 2 aromatic heterocycles. The smallest absolute Gasteiger partial charge is 0.254 e. The average molecular weight is 395 g/mol. The molecule has 3 rings (SSSR count). The molecule has 10 heteroatoms. The van der Waals surface area contributed by atoms with Crippen LogP contribution in [-0.2, 0) is 28.0 Å². The Balaban J connectivity index is 1.74. The van der Waals surface area contributed by atoms with Gasteiger partial charge in [-0.15, -0.1) is 5.10 Å². The minimum Gasteiger partial charge on any atom is -0.389 e. The predicted octanol–water partition coefficient (Wildman–Crippen LogP) is 1.55. The third-order valence-corrected chi connectivity index (χ3v) is 4.03. The Morgan fingerprint density at radius 1 is 1.21 bits per heavy atom. The van der Waals surface area contributed by atoms with E-state index in [4.69, 9.17) is 9.57 Å². The van der Waals surface area contributed by atoms with E-state index in [1.54, 1.807) is 32.2 Å². The second kappa shape index (κ2) is 9.51. The molecular weight excluding hydrogens is 374 g/mol. The molecule has 0 aliphatic rings. The Morgan fingerprint density at radius 3 is 2.69 bits per heavy atom. The number of tetrazole rings is 1. The molecule has 1 unspecified atom stereocenters. The maximum absolute atomic E-state index is 11.9. The topological polar surface area (TPSA) is 116 Å². The lowest BCUT2D eigenvalue weighted by molar-refractivity contribution is -0.124. The molecule has 150 valence electrons. The summed E-state index contributed by atoms with van der Waals surface area (Å²) in [4.78, 5) is 21.8. The van der Waals surface area contributed by atoms with Crippen LogP contribution in [0.25, 0.3) is 0 Å². The second-order valence-corrected chi connectivity index (χ2v) is 6.09. The average Bonchev–Trinajstić information content (AvgIpc) is 3.17. The van der Waals surface area contributed by atoms with Gasteiger partial charge in [0.1, 0.15) is 11.9 Å². The van der Waals surface area contributed by atoms with E-state index in [9.17, 15) is 4.79 Å². The molecular formula is C19H21N7O3. The zero-order chi connectivity index (χ0) is 20.6. The zero-order valence-corrected chi connectivity index (χ0v) is 16.3. The van der Waals surface area contributed by atoms with Crippen molar-refractivity contribution in [2.24, 2.45) is 12.2 Å². The fourth-order valence-electron chi connectivity index (χ4n) is 2.38. The summed E-state index contributed by atoms with van der Waals surface area (Å²) in [6, 6.07) is 14.7. The first kappa shape index (κ1) is 20.1. The van der Waals surface area contributed by atoms with E-state index in [1.165, 1.54) is 11.8 Å². The van der Waals surface area contributed by atoms with Gasteiger partial charge in [0.25, 0.3) is 5.91 Å². The van der Waals surface area contributed by atoms with Gasteiger partial charge in [-0.25, -0.2) is 9.67 Å². The lowest BCUT2D eigenvalue weighted by Gasteiger charge is -2.10. The van der Waals surface area contributed by atoms with E-state index in [1.807, 2.05) is 30.3 Å². The van der Waals surface area contributed by atoms with Crippen molar-refractivity contribution >= 4 is 17.4 Å². The number of hydrogen-bond acceptors (Lipinski definition) is 8. The van der Waals surface area contributed by atoms with Gasteiger partial charge >= 0.3 is 0 Å². The van der Waals surface area contributed by atoms with Gasteiger partial charge in [-0.2, -0.15) is 0 Å². The van der Waals surface area contributed by atoms with E-state index in [-0.39, 0.29) is 12.5 Å². The van der Waals surface area contributed by atoms with Crippen LogP contribution >= 0.6 is 0 Å². The molecule has 29 heavy (non-hydrogen) atoms. The molecule has 0 radical (unpaired) electrons. The molecule has 0 fully saturated rings. The number of aromatic nitrogens is 5. The van der Waals surface area contributed by atoms with Gasteiger partial charge in [0.05, 0.1) is 5.69 Å². The second-order valence-electron chi connectivity index (χ2n) is 6.09. The van der Waals surface area contributed by atoms with Crippen LogP contribution in [0.3, 0.4) is 0 Å². The summed E-state index contributed by atoms with van der Waals surface area (Å²) in [5, 5.41) is 18.4. The van der Waals surface area contributed by atoms with Crippen molar-refractivity contribution in [1.82, 2.24) is 25.2 Å². The van der Waals surface area contributed by atoms with E-state index >= 15 is 0 Å². The Kier molecular flexibility index (Phi) is 6.59. The van der Waals surface area contributed by atoms with Gasteiger partial charge in [-0.1, -0.05) is 41.6 Å². The number of benzene rings is 1. The number of methoxy groups -OCH3 is 1. The molecule has 1 amide bonds. The number of pyridine rings is 1. The summed E-state index contributed by atoms with van der Waals surface area (Å²) in [7, 11) is 3.19. The number of rotatable bonds is 8. The van der Waals surface area contributed by atoms with Gasteiger partial charge in [-0.05, 0) is 29.5 Å². The number of nitrogens with zero attached hydrogens (tertiary/aromatic N) is 6. The molecule has 10 nitrogen and oxygen atoms in total. The quantitative estimate of drug-likeness (QED) is 0.454. The minimum atomic E-state index is -0.574. The van der Waals surface area contributed by atoms with Crippen LogP contribution in [0, 0.1) is 0 Å². The lowest BCUT2D eigenvalue weighted by Crippen LogP contribution is -2.27. The number of carbonyl (C=O) groups excluding carboxylic acids is 1. The highest BCUT2D eigenvalue weighted by Gasteiger charge is 2.15. The Hall–Kier alpha value is -3.66. The number of aryl methyl sites for hydroxylation is 1. The van der Waals surface area contributed by atoms with Crippen molar-refractivity contribution in [3.05, 3.63) is 65.6 Å². The number of carbonyl (C=O) groups is 1. The number of anilines is 1.